The highest BCUT2D eigenvalue weighted by Crippen LogP contribution is 2.25. The highest BCUT2D eigenvalue weighted by atomic mass is 32.1. The number of thiazole rings is 1. The Morgan fingerprint density at radius 3 is 2.78 bits per heavy atom. The Morgan fingerprint density at radius 1 is 1.35 bits per heavy atom. The highest BCUT2D eigenvalue weighted by Gasteiger charge is 2.37. The van der Waals surface area contributed by atoms with Gasteiger partial charge in [-0.3, -0.25) is 14.5 Å². The number of aromatic nitrogens is 1. The van der Waals surface area contributed by atoms with Crippen molar-refractivity contribution in [1.82, 2.24) is 14.8 Å². The Morgan fingerprint density at radius 2 is 2.09 bits per heavy atom. The van der Waals surface area contributed by atoms with Gasteiger partial charge in [0.1, 0.15) is 5.69 Å². The van der Waals surface area contributed by atoms with Gasteiger partial charge in [0.05, 0.1) is 13.2 Å². The maximum atomic E-state index is 12.6. The van der Waals surface area contributed by atoms with Crippen molar-refractivity contribution in [3.05, 3.63) is 11.1 Å². The predicted octanol–water partition coefficient (Wildman–Crippen LogP) is 0.894. The molecule has 7 nitrogen and oxygen atoms in total. The summed E-state index contributed by atoms with van der Waals surface area (Å²) in [5.41, 5.74) is 0.411. The van der Waals surface area contributed by atoms with Crippen LogP contribution in [-0.2, 0) is 9.53 Å². The summed E-state index contributed by atoms with van der Waals surface area (Å²) in [6, 6.07) is 0.385. The fraction of sp³-hybridized carbons (Fsp3) is 0.667. The van der Waals surface area contributed by atoms with Crippen molar-refractivity contribution in [3.63, 3.8) is 0 Å². The summed E-state index contributed by atoms with van der Waals surface area (Å²) in [6.07, 6.45) is 0. The third kappa shape index (κ3) is 3.70. The number of rotatable bonds is 3. The van der Waals surface area contributed by atoms with E-state index in [4.69, 9.17) is 4.74 Å². The van der Waals surface area contributed by atoms with E-state index in [0.717, 1.165) is 39.4 Å². The summed E-state index contributed by atoms with van der Waals surface area (Å²) in [6.45, 7) is 8.49. The predicted molar refractivity (Wildman–Crippen MR) is 87.7 cm³/mol. The van der Waals surface area contributed by atoms with Gasteiger partial charge in [-0.25, -0.2) is 4.98 Å². The number of ether oxygens (including phenoxy) is 1. The maximum Gasteiger partial charge on any atom is 0.273 e. The fourth-order valence-corrected chi connectivity index (χ4v) is 3.97. The third-order valence-corrected chi connectivity index (χ3v) is 5.14. The SMILES string of the molecule is CC(=O)Nc1nc(C(=O)N2C[C@@H](C)[C@H](N3CCOCC3)C2)cs1. The van der Waals surface area contributed by atoms with Crippen LogP contribution in [0.3, 0.4) is 0 Å². The van der Waals surface area contributed by atoms with E-state index in [1.807, 2.05) is 4.90 Å². The molecule has 0 aromatic carbocycles. The minimum atomic E-state index is -0.180. The molecular weight excluding hydrogens is 316 g/mol. The molecule has 2 amide bonds. The lowest BCUT2D eigenvalue weighted by atomic mass is 10.0. The second-order valence-electron chi connectivity index (χ2n) is 6.12. The van der Waals surface area contributed by atoms with Gasteiger partial charge in [-0.2, -0.15) is 0 Å². The van der Waals surface area contributed by atoms with Crippen LogP contribution in [0.5, 0.6) is 0 Å². The number of nitrogens with zero attached hydrogens (tertiary/aromatic N) is 3. The summed E-state index contributed by atoms with van der Waals surface area (Å²) in [5, 5.41) is 4.79. The first-order valence-electron chi connectivity index (χ1n) is 7.89. The molecule has 0 saturated carbocycles. The molecule has 2 fully saturated rings. The lowest BCUT2D eigenvalue weighted by Crippen LogP contribution is -2.47. The maximum absolute atomic E-state index is 12.6. The van der Waals surface area contributed by atoms with Crippen LogP contribution in [0.25, 0.3) is 0 Å². The number of carbonyl (C=O) groups excluding carboxylic acids is 2. The molecule has 0 aliphatic carbocycles. The van der Waals surface area contributed by atoms with Gasteiger partial charge < -0.3 is 15.0 Å². The quantitative estimate of drug-likeness (QED) is 0.886. The van der Waals surface area contributed by atoms with Crippen LogP contribution in [-0.4, -0.2) is 72.0 Å². The molecule has 0 unspecified atom stereocenters. The number of morpholine rings is 1. The molecule has 23 heavy (non-hydrogen) atoms. The second kappa shape index (κ2) is 6.94. The first-order chi connectivity index (χ1) is 11.0. The van der Waals surface area contributed by atoms with Crippen LogP contribution in [0.4, 0.5) is 5.13 Å². The number of anilines is 1. The van der Waals surface area contributed by atoms with Crippen LogP contribution in [0.2, 0.25) is 0 Å². The van der Waals surface area contributed by atoms with Crippen molar-refractivity contribution >= 4 is 28.3 Å². The van der Waals surface area contributed by atoms with Crippen LogP contribution >= 0.6 is 11.3 Å². The number of nitrogens with one attached hydrogen (secondary N) is 1. The highest BCUT2D eigenvalue weighted by molar-refractivity contribution is 7.14. The zero-order chi connectivity index (χ0) is 16.4. The normalized spacial score (nSPS) is 25.6. The van der Waals surface area contributed by atoms with Crippen LogP contribution in [0.15, 0.2) is 5.38 Å². The molecule has 3 heterocycles. The molecule has 3 rings (SSSR count). The summed E-state index contributed by atoms with van der Waals surface area (Å²) >= 11 is 1.28. The first-order valence-corrected chi connectivity index (χ1v) is 8.76. The Kier molecular flexibility index (Phi) is 4.93. The minimum absolute atomic E-state index is 0.0551. The number of hydrogen-bond acceptors (Lipinski definition) is 6. The average molecular weight is 338 g/mol. The number of hydrogen-bond donors (Lipinski definition) is 1. The molecule has 126 valence electrons. The van der Waals surface area contributed by atoms with E-state index in [1.165, 1.54) is 18.3 Å². The zero-order valence-corrected chi connectivity index (χ0v) is 14.3. The zero-order valence-electron chi connectivity index (χ0n) is 13.4. The molecule has 0 spiro atoms. The summed E-state index contributed by atoms with van der Waals surface area (Å²) in [4.78, 5) is 32.2. The molecule has 1 N–H and O–H groups in total. The lowest BCUT2D eigenvalue weighted by molar-refractivity contribution is -0.114. The first kappa shape index (κ1) is 16.4. The number of likely N-dealkylation sites (tertiary alicyclic amines) is 1. The molecule has 0 radical (unpaired) electrons. The van der Waals surface area contributed by atoms with Crippen molar-refractivity contribution in [2.24, 2.45) is 5.92 Å². The molecule has 1 aromatic rings. The second-order valence-corrected chi connectivity index (χ2v) is 6.98. The lowest BCUT2D eigenvalue weighted by Gasteiger charge is -2.33. The van der Waals surface area contributed by atoms with E-state index in [2.05, 4.69) is 22.1 Å². The van der Waals surface area contributed by atoms with Gasteiger partial charge >= 0.3 is 0 Å². The van der Waals surface area contributed by atoms with E-state index >= 15 is 0 Å². The van der Waals surface area contributed by atoms with Gasteiger partial charge in [0.2, 0.25) is 5.91 Å². The smallest absolute Gasteiger partial charge is 0.273 e. The molecule has 8 heteroatoms. The molecule has 1 aromatic heterocycles. The summed E-state index contributed by atoms with van der Waals surface area (Å²) in [7, 11) is 0. The molecule has 2 aliphatic rings. The Bertz CT molecular complexity index is 585. The molecule has 2 saturated heterocycles. The van der Waals surface area contributed by atoms with E-state index in [-0.39, 0.29) is 11.8 Å². The van der Waals surface area contributed by atoms with Gasteiger partial charge in [-0.05, 0) is 5.92 Å². The fourth-order valence-electron chi connectivity index (χ4n) is 3.24. The molecule has 2 atom stereocenters. The van der Waals surface area contributed by atoms with Gasteiger partial charge in [0.25, 0.3) is 5.91 Å². The Balaban J connectivity index is 1.64. The Labute approximate surface area is 139 Å². The van der Waals surface area contributed by atoms with Gasteiger partial charge in [-0.15, -0.1) is 11.3 Å². The van der Waals surface area contributed by atoms with Crippen molar-refractivity contribution < 1.29 is 14.3 Å². The average Bonchev–Trinajstić information content (AvgIpc) is 3.14. The largest absolute Gasteiger partial charge is 0.379 e. The van der Waals surface area contributed by atoms with E-state index in [0.29, 0.717) is 22.8 Å². The van der Waals surface area contributed by atoms with Crippen molar-refractivity contribution in [2.75, 3.05) is 44.7 Å². The molecule has 2 aliphatic heterocycles. The number of carbonyl (C=O) groups is 2. The monoisotopic (exact) mass is 338 g/mol. The third-order valence-electron chi connectivity index (χ3n) is 4.38. The van der Waals surface area contributed by atoms with Gasteiger partial charge in [0.15, 0.2) is 5.13 Å². The summed E-state index contributed by atoms with van der Waals surface area (Å²) in [5.74, 6) is 0.200. The van der Waals surface area contributed by atoms with Gasteiger partial charge in [-0.1, -0.05) is 6.92 Å². The topological polar surface area (TPSA) is 74.8 Å². The standard InChI is InChI=1S/C15H22N4O3S/c1-10-7-19(8-13(10)18-3-5-22-6-4-18)14(21)12-9-23-15(17-12)16-11(2)20/h9-10,13H,3-8H2,1-2H3,(H,16,17,20)/t10-,13-/m1/s1. The molecule has 0 bridgehead atoms. The minimum Gasteiger partial charge on any atom is -0.379 e. The van der Waals surface area contributed by atoms with Gasteiger partial charge in [0, 0.05) is 44.5 Å². The number of amides is 2. The molecular formula is C15H22N4O3S. The van der Waals surface area contributed by atoms with Crippen LogP contribution < -0.4 is 5.32 Å². The van der Waals surface area contributed by atoms with Crippen molar-refractivity contribution in [3.8, 4) is 0 Å². The van der Waals surface area contributed by atoms with E-state index in [1.54, 1.807) is 5.38 Å². The van der Waals surface area contributed by atoms with Crippen LogP contribution in [0.1, 0.15) is 24.3 Å². The van der Waals surface area contributed by atoms with Crippen LogP contribution in [0, 0.1) is 5.92 Å². The Hall–Kier alpha value is -1.51. The van der Waals surface area contributed by atoms with E-state index < -0.39 is 0 Å². The van der Waals surface area contributed by atoms with Crippen molar-refractivity contribution in [2.45, 2.75) is 19.9 Å². The van der Waals surface area contributed by atoms with E-state index in [9.17, 15) is 9.59 Å². The van der Waals surface area contributed by atoms with Crippen molar-refractivity contribution in [1.29, 1.82) is 0 Å². The summed E-state index contributed by atoms with van der Waals surface area (Å²) < 4.78 is 5.41.